The van der Waals surface area contributed by atoms with Gasteiger partial charge in [-0.1, -0.05) is 24.3 Å². The molecule has 4 rings (SSSR count). The lowest BCUT2D eigenvalue weighted by molar-refractivity contribution is -0.911. The summed E-state index contributed by atoms with van der Waals surface area (Å²) >= 11 is 0. The van der Waals surface area contributed by atoms with Gasteiger partial charge in [0.05, 0.1) is 31.4 Å². The summed E-state index contributed by atoms with van der Waals surface area (Å²) in [5.74, 6) is 1.05. The number of aromatic nitrogens is 2. The monoisotopic (exact) mass is 362 g/mol. The van der Waals surface area contributed by atoms with Crippen LogP contribution >= 0.6 is 0 Å². The number of fused-ring (bicyclic) bond motifs is 1. The van der Waals surface area contributed by atoms with Crippen molar-refractivity contribution >= 4 is 11.0 Å². The first-order valence-electron chi connectivity index (χ1n) is 9.39. The Hall–Kier alpha value is -2.89. The number of benzene rings is 2. The Morgan fingerprint density at radius 1 is 1.04 bits per heavy atom. The van der Waals surface area contributed by atoms with Crippen molar-refractivity contribution in [2.24, 2.45) is 0 Å². The molecule has 0 aliphatic rings. The van der Waals surface area contributed by atoms with E-state index in [9.17, 15) is 0 Å². The number of imidazole rings is 1. The van der Waals surface area contributed by atoms with E-state index >= 15 is 0 Å². The van der Waals surface area contributed by atoms with Crippen molar-refractivity contribution in [3.05, 3.63) is 84.6 Å². The van der Waals surface area contributed by atoms with Gasteiger partial charge in [-0.2, -0.15) is 0 Å². The first-order chi connectivity index (χ1) is 13.2. The Bertz CT molecular complexity index is 987. The van der Waals surface area contributed by atoms with Crippen molar-refractivity contribution < 1.29 is 14.6 Å². The van der Waals surface area contributed by atoms with Crippen LogP contribution in [0.1, 0.15) is 17.4 Å². The molecule has 0 radical (unpaired) electrons. The highest BCUT2D eigenvalue weighted by molar-refractivity contribution is 5.77. The first kappa shape index (κ1) is 17.5. The lowest BCUT2D eigenvalue weighted by Crippen LogP contribution is -3.09. The van der Waals surface area contributed by atoms with Gasteiger partial charge in [0.1, 0.15) is 19.4 Å². The molecule has 0 fully saturated rings. The molecule has 1 atom stereocenters. The molecule has 27 heavy (non-hydrogen) atoms. The Balaban J connectivity index is 1.41. The van der Waals surface area contributed by atoms with Crippen LogP contribution in [-0.4, -0.2) is 30.2 Å². The summed E-state index contributed by atoms with van der Waals surface area (Å²) in [7, 11) is 4.34. The molecule has 5 nitrogen and oxygen atoms in total. The number of nitrogens with one attached hydrogen (secondary N) is 1. The number of furan rings is 1. The Kier molecular flexibility index (Phi) is 5.05. The molecule has 2 aromatic carbocycles. The van der Waals surface area contributed by atoms with Gasteiger partial charge in [0.15, 0.2) is 11.8 Å². The fraction of sp³-hybridized carbons (Fsp3) is 0.227. The van der Waals surface area contributed by atoms with Crippen LogP contribution in [-0.2, 0) is 6.54 Å². The van der Waals surface area contributed by atoms with Gasteiger partial charge in [0.2, 0.25) is 0 Å². The van der Waals surface area contributed by atoms with Crippen molar-refractivity contribution in [3.8, 4) is 5.69 Å². The number of hydrogen-bond donors (Lipinski definition) is 2. The van der Waals surface area contributed by atoms with Gasteiger partial charge in [-0.05, 0) is 36.4 Å². The number of nitrogens with zero attached hydrogens (tertiary/aromatic N) is 2. The summed E-state index contributed by atoms with van der Waals surface area (Å²) in [4.78, 5) is 5.85. The summed E-state index contributed by atoms with van der Waals surface area (Å²) < 4.78 is 7.73. The maximum atomic E-state index is 5.60. The van der Waals surface area contributed by atoms with Gasteiger partial charge in [-0.15, -0.1) is 0 Å². The maximum absolute atomic E-state index is 5.60. The summed E-state index contributed by atoms with van der Waals surface area (Å²) in [6.45, 7) is 1.94. The highest BCUT2D eigenvalue weighted by atomic mass is 16.3. The second-order valence-electron chi connectivity index (χ2n) is 7.14. The predicted octanol–water partition coefficient (Wildman–Crippen LogP) is 1.57. The zero-order valence-corrected chi connectivity index (χ0v) is 15.8. The lowest BCUT2D eigenvalue weighted by atomic mass is 10.1. The molecular weight excluding hydrogens is 336 g/mol. The minimum Gasteiger partial charge on any atom is -0.463 e. The number of quaternary nitrogens is 2. The number of nitrogens with two attached hydrogens (primary N) is 1. The van der Waals surface area contributed by atoms with Crippen molar-refractivity contribution in [3.63, 3.8) is 0 Å². The summed E-state index contributed by atoms with van der Waals surface area (Å²) in [6, 6.07) is 21.3. The summed E-state index contributed by atoms with van der Waals surface area (Å²) in [5.41, 5.74) is 4.60. The van der Waals surface area contributed by atoms with E-state index in [1.165, 1.54) is 10.5 Å². The lowest BCUT2D eigenvalue weighted by Gasteiger charge is -2.17. The van der Waals surface area contributed by atoms with Gasteiger partial charge in [0, 0.05) is 11.3 Å². The molecule has 2 heterocycles. The van der Waals surface area contributed by atoms with E-state index < -0.39 is 0 Å². The van der Waals surface area contributed by atoms with Crippen molar-refractivity contribution in [1.29, 1.82) is 0 Å². The van der Waals surface area contributed by atoms with Crippen LogP contribution < -0.4 is 10.2 Å². The smallest absolute Gasteiger partial charge is 0.195 e. The van der Waals surface area contributed by atoms with Crippen LogP contribution in [0.5, 0.6) is 0 Å². The van der Waals surface area contributed by atoms with Gasteiger partial charge in [0.25, 0.3) is 0 Å². The minimum absolute atomic E-state index is 0.358. The fourth-order valence-corrected chi connectivity index (χ4v) is 3.50. The molecule has 0 amide bonds. The van der Waals surface area contributed by atoms with Crippen LogP contribution in [0.2, 0.25) is 0 Å². The van der Waals surface area contributed by atoms with Gasteiger partial charge >= 0.3 is 0 Å². The third kappa shape index (κ3) is 3.79. The van der Waals surface area contributed by atoms with Crippen molar-refractivity contribution in [1.82, 2.24) is 9.55 Å². The molecule has 0 saturated heterocycles. The highest BCUT2D eigenvalue weighted by Crippen LogP contribution is 2.18. The molecule has 0 unspecified atom stereocenters. The molecular formula is C22H26N4O+2. The van der Waals surface area contributed by atoms with Crippen LogP contribution in [0.3, 0.4) is 0 Å². The van der Waals surface area contributed by atoms with Crippen molar-refractivity contribution in [2.45, 2.75) is 12.6 Å². The van der Waals surface area contributed by atoms with E-state index in [2.05, 4.69) is 65.4 Å². The molecule has 138 valence electrons. The van der Waals surface area contributed by atoms with Crippen molar-refractivity contribution in [2.75, 3.05) is 20.6 Å². The van der Waals surface area contributed by atoms with Crippen LogP contribution in [0, 0.1) is 0 Å². The van der Waals surface area contributed by atoms with E-state index in [0.29, 0.717) is 6.04 Å². The van der Waals surface area contributed by atoms with Crippen LogP contribution in [0.25, 0.3) is 16.7 Å². The SMILES string of the molecule is C[NH+](C)[C@H](C[NH2+]Cc1ccc(-n2cnc3ccccc32)cc1)c1ccco1. The maximum Gasteiger partial charge on any atom is 0.195 e. The first-order valence-corrected chi connectivity index (χ1v) is 9.39. The summed E-state index contributed by atoms with van der Waals surface area (Å²) in [6.07, 6.45) is 3.64. The topological polar surface area (TPSA) is 52.0 Å². The van der Waals surface area contributed by atoms with Gasteiger partial charge < -0.3 is 14.6 Å². The molecule has 0 spiro atoms. The van der Waals surface area contributed by atoms with E-state index in [-0.39, 0.29) is 0 Å². The van der Waals surface area contributed by atoms with Crippen LogP contribution in [0.4, 0.5) is 0 Å². The Labute approximate surface area is 159 Å². The fourth-order valence-electron chi connectivity index (χ4n) is 3.50. The van der Waals surface area contributed by atoms with E-state index in [1.807, 2.05) is 30.6 Å². The third-order valence-electron chi connectivity index (χ3n) is 5.03. The molecule has 4 aromatic rings. The standard InChI is InChI=1S/C22H24N4O/c1-25(2)21(22-8-5-13-27-22)15-23-14-17-9-11-18(12-10-17)26-16-24-19-6-3-4-7-20(19)26/h3-13,16,21,23H,14-15H2,1-2H3/p+2/t21-/m1/s1. The number of rotatable bonds is 7. The molecule has 3 N–H and O–H groups in total. The average Bonchev–Trinajstić information content (AvgIpc) is 3.35. The Morgan fingerprint density at radius 2 is 1.85 bits per heavy atom. The number of hydrogen-bond acceptors (Lipinski definition) is 2. The number of likely N-dealkylation sites (N-methyl/N-ethyl adjacent to an activating group) is 1. The Morgan fingerprint density at radius 3 is 2.59 bits per heavy atom. The van der Waals surface area contributed by atoms with Crippen LogP contribution in [0.15, 0.2) is 77.7 Å². The second-order valence-corrected chi connectivity index (χ2v) is 7.14. The molecule has 0 bridgehead atoms. The minimum atomic E-state index is 0.358. The second kappa shape index (κ2) is 7.78. The van der Waals surface area contributed by atoms with E-state index in [0.717, 1.165) is 35.6 Å². The molecule has 0 aliphatic heterocycles. The molecule has 5 heteroatoms. The number of para-hydroxylation sites is 2. The average molecular weight is 362 g/mol. The predicted molar refractivity (Wildman–Crippen MR) is 106 cm³/mol. The third-order valence-corrected chi connectivity index (χ3v) is 5.03. The summed E-state index contributed by atoms with van der Waals surface area (Å²) in [5, 5.41) is 2.35. The quantitative estimate of drug-likeness (QED) is 0.524. The zero-order valence-electron chi connectivity index (χ0n) is 15.8. The largest absolute Gasteiger partial charge is 0.463 e. The van der Waals surface area contributed by atoms with Gasteiger partial charge in [-0.3, -0.25) is 4.57 Å². The zero-order chi connectivity index (χ0) is 18.6. The van der Waals surface area contributed by atoms with E-state index in [4.69, 9.17) is 4.42 Å². The van der Waals surface area contributed by atoms with Gasteiger partial charge in [-0.25, -0.2) is 4.98 Å². The molecule has 2 aromatic heterocycles. The normalized spacial score (nSPS) is 12.7. The molecule has 0 saturated carbocycles. The highest BCUT2D eigenvalue weighted by Gasteiger charge is 2.22. The van der Waals surface area contributed by atoms with E-state index in [1.54, 1.807) is 6.26 Å². The molecule has 0 aliphatic carbocycles.